The maximum absolute atomic E-state index is 13.6. The lowest BCUT2D eigenvalue weighted by molar-refractivity contribution is 0.450. The Morgan fingerprint density at radius 3 is 2.84 bits per heavy atom. The van der Waals surface area contributed by atoms with Crippen molar-refractivity contribution < 1.29 is 8.81 Å². The van der Waals surface area contributed by atoms with E-state index in [1.54, 1.807) is 12.1 Å². The van der Waals surface area contributed by atoms with Gasteiger partial charge >= 0.3 is 0 Å². The lowest BCUT2D eigenvalue weighted by atomic mass is 10.1. The zero-order valence-corrected chi connectivity index (χ0v) is 11.4. The zero-order chi connectivity index (χ0) is 13.7. The fourth-order valence-electron chi connectivity index (χ4n) is 1.69. The molecular weight excluding hydrogens is 269 g/mol. The first-order valence-corrected chi connectivity index (χ1v) is 6.53. The first-order valence-electron chi connectivity index (χ1n) is 6.15. The summed E-state index contributed by atoms with van der Waals surface area (Å²) in [6.07, 6.45) is 0.867. The fourth-order valence-corrected chi connectivity index (χ4v) is 1.92. The average molecular weight is 284 g/mol. The van der Waals surface area contributed by atoms with Crippen molar-refractivity contribution in [3.8, 4) is 0 Å². The Hall–Kier alpha value is -1.46. The van der Waals surface area contributed by atoms with Crippen LogP contribution in [0.25, 0.3) is 0 Å². The van der Waals surface area contributed by atoms with E-state index < -0.39 is 0 Å². The topological polar surface area (TPSA) is 51.0 Å². The Kier molecular flexibility index (Phi) is 4.87. The molecule has 1 aromatic carbocycles. The highest BCUT2D eigenvalue weighted by atomic mass is 35.5. The van der Waals surface area contributed by atoms with E-state index in [-0.39, 0.29) is 12.2 Å². The maximum atomic E-state index is 13.6. The van der Waals surface area contributed by atoms with E-state index in [1.807, 2.05) is 6.92 Å². The van der Waals surface area contributed by atoms with Crippen molar-refractivity contribution in [2.45, 2.75) is 19.8 Å². The Balaban J connectivity index is 2.03. The summed E-state index contributed by atoms with van der Waals surface area (Å²) in [5, 5.41) is 11.4. The Morgan fingerprint density at radius 2 is 2.11 bits per heavy atom. The van der Waals surface area contributed by atoms with Crippen molar-refractivity contribution in [1.29, 1.82) is 0 Å². The van der Waals surface area contributed by atoms with Gasteiger partial charge in [0, 0.05) is 23.6 Å². The van der Waals surface area contributed by atoms with Crippen LogP contribution in [0, 0.1) is 5.82 Å². The molecule has 0 unspecified atom stereocenters. The number of nitrogens with zero attached hydrogens (tertiary/aromatic N) is 2. The van der Waals surface area contributed by atoms with Gasteiger partial charge in [0.05, 0.1) is 6.42 Å². The summed E-state index contributed by atoms with van der Waals surface area (Å²) < 4.78 is 19.1. The van der Waals surface area contributed by atoms with Crippen LogP contribution < -0.4 is 5.32 Å². The molecule has 1 aromatic heterocycles. The quantitative estimate of drug-likeness (QED) is 0.828. The van der Waals surface area contributed by atoms with Crippen LogP contribution in [0.4, 0.5) is 4.39 Å². The Labute approximate surface area is 116 Å². The smallest absolute Gasteiger partial charge is 0.221 e. The van der Waals surface area contributed by atoms with Gasteiger partial charge in [0.1, 0.15) is 5.82 Å². The predicted octanol–water partition coefficient (Wildman–Crippen LogP) is 2.60. The molecule has 0 amide bonds. The highest BCUT2D eigenvalue weighted by Crippen LogP contribution is 2.21. The van der Waals surface area contributed by atoms with Crippen molar-refractivity contribution in [3.05, 3.63) is 46.4 Å². The van der Waals surface area contributed by atoms with Crippen molar-refractivity contribution in [2.24, 2.45) is 0 Å². The minimum Gasteiger partial charge on any atom is -0.425 e. The molecule has 0 atom stereocenters. The monoisotopic (exact) mass is 283 g/mol. The molecule has 4 nitrogen and oxygen atoms in total. The number of hydrogen-bond donors (Lipinski definition) is 1. The van der Waals surface area contributed by atoms with Crippen LogP contribution in [0.3, 0.4) is 0 Å². The molecule has 0 aliphatic heterocycles. The van der Waals surface area contributed by atoms with Crippen LogP contribution in [-0.4, -0.2) is 23.3 Å². The average Bonchev–Trinajstić information content (AvgIpc) is 2.82. The Morgan fingerprint density at radius 1 is 1.32 bits per heavy atom. The molecule has 1 heterocycles. The number of benzene rings is 1. The molecule has 102 valence electrons. The number of hydrogen-bond acceptors (Lipinski definition) is 4. The third-order valence-electron chi connectivity index (χ3n) is 2.66. The SMILES string of the molecule is CCNCCc1nnc(Cc2c(F)cccc2Cl)o1. The maximum Gasteiger partial charge on any atom is 0.221 e. The van der Waals surface area contributed by atoms with Gasteiger partial charge in [0.2, 0.25) is 11.8 Å². The third-order valence-corrected chi connectivity index (χ3v) is 3.02. The van der Waals surface area contributed by atoms with Crippen molar-refractivity contribution in [3.63, 3.8) is 0 Å². The number of likely N-dealkylation sites (N-methyl/N-ethyl adjacent to an activating group) is 1. The minimum atomic E-state index is -0.361. The molecule has 1 N–H and O–H groups in total. The van der Waals surface area contributed by atoms with Crippen LogP contribution in [-0.2, 0) is 12.8 Å². The summed E-state index contributed by atoms with van der Waals surface area (Å²) in [6.45, 7) is 3.70. The number of halogens is 2. The predicted molar refractivity (Wildman–Crippen MR) is 70.8 cm³/mol. The molecule has 0 aliphatic rings. The minimum absolute atomic E-state index is 0.208. The molecule has 6 heteroatoms. The van der Waals surface area contributed by atoms with E-state index in [4.69, 9.17) is 16.0 Å². The summed E-state index contributed by atoms with van der Waals surface area (Å²) in [4.78, 5) is 0. The van der Waals surface area contributed by atoms with Gasteiger partial charge in [0.15, 0.2) is 0 Å². The highest BCUT2D eigenvalue weighted by molar-refractivity contribution is 6.31. The second-order valence-electron chi connectivity index (χ2n) is 4.07. The summed E-state index contributed by atoms with van der Waals surface area (Å²) in [6, 6.07) is 4.57. The van der Waals surface area contributed by atoms with E-state index in [0.29, 0.717) is 28.8 Å². The summed E-state index contributed by atoms with van der Waals surface area (Å²) in [7, 11) is 0. The van der Waals surface area contributed by atoms with Crippen LogP contribution in [0.15, 0.2) is 22.6 Å². The van der Waals surface area contributed by atoms with Crippen LogP contribution in [0.5, 0.6) is 0 Å². The van der Waals surface area contributed by atoms with Crippen LogP contribution in [0.1, 0.15) is 24.3 Å². The van der Waals surface area contributed by atoms with Gasteiger partial charge in [-0.2, -0.15) is 0 Å². The molecule has 0 saturated heterocycles. The van der Waals surface area contributed by atoms with E-state index >= 15 is 0 Å². The molecule has 0 spiro atoms. The zero-order valence-electron chi connectivity index (χ0n) is 10.6. The summed E-state index contributed by atoms with van der Waals surface area (Å²) in [5.74, 6) is 0.557. The molecule has 19 heavy (non-hydrogen) atoms. The van der Waals surface area contributed by atoms with Crippen molar-refractivity contribution in [1.82, 2.24) is 15.5 Å². The van der Waals surface area contributed by atoms with Gasteiger partial charge in [0.25, 0.3) is 0 Å². The summed E-state index contributed by atoms with van der Waals surface area (Å²) >= 11 is 5.95. The largest absolute Gasteiger partial charge is 0.425 e. The van der Waals surface area contributed by atoms with Gasteiger partial charge in [-0.3, -0.25) is 0 Å². The first-order chi connectivity index (χ1) is 9.20. The number of rotatable bonds is 6. The molecule has 0 bridgehead atoms. The van der Waals surface area contributed by atoms with Gasteiger partial charge in [-0.1, -0.05) is 24.6 Å². The van der Waals surface area contributed by atoms with E-state index in [1.165, 1.54) is 6.07 Å². The Bertz CT molecular complexity index is 524. The third kappa shape index (κ3) is 3.75. The molecule has 0 fully saturated rings. The van der Waals surface area contributed by atoms with Gasteiger partial charge in [-0.05, 0) is 18.7 Å². The molecular formula is C13H15ClFN3O. The van der Waals surface area contributed by atoms with Crippen molar-refractivity contribution >= 4 is 11.6 Å². The van der Waals surface area contributed by atoms with E-state index in [0.717, 1.165) is 13.1 Å². The number of aromatic nitrogens is 2. The fraction of sp³-hybridized carbons (Fsp3) is 0.385. The van der Waals surface area contributed by atoms with E-state index in [9.17, 15) is 4.39 Å². The number of nitrogens with one attached hydrogen (secondary N) is 1. The second-order valence-corrected chi connectivity index (χ2v) is 4.48. The lowest BCUT2D eigenvalue weighted by Gasteiger charge is -2.02. The second kappa shape index (κ2) is 6.63. The summed E-state index contributed by atoms with van der Waals surface area (Å²) in [5.41, 5.74) is 0.381. The molecule has 0 saturated carbocycles. The van der Waals surface area contributed by atoms with Crippen molar-refractivity contribution in [2.75, 3.05) is 13.1 Å². The van der Waals surface area contributed by atoms with Crippen LogP contribution in [0.2, 0.25) is 5.02 Å². The molecule has 0 radical (unpaired) electrons. The molecule has 2 aromatic rings. The van der Waals surface area contributed by atoms with Gasteiger partial charge in [-0.25, -0.2) is 4.39 Å². The van der Waals surface area contributed by atoms with Gasteiger partial charge < -0.3 is 9.73 Å². The molecule has 2 rings (SSSR count). The standard InChI is InChI=1S/C13H15ClFN3O/c1-2-16-7-6-12-17-18-13(19-12)8-9-10(14)4-3-5-11(9)15/h3-5,16H,2,6-8H2,1H3. The van der Waals surface area contributed by atoms with Gasteiger partial charge in [-0.15, -0.1) is 10.2 Å². The highest BCUT2D eigenvalue weighted by Gasteiger charge is 2.12. The first kappa shape index (κ1) is 14.0. The van der Waals surface area contributed by atoms with Crippen LogP contribution >= 0.6 is 11.6 Å². The lowest BCUT2D eigenvalue weighted by Crippen LogP contribution is -2.16. The normalized spacial score (nSPS) is 10.9. The molecule has 0 aliphatic carbocycles. The van der Waals surface area contributed by atoms with E-state index in [2.05, 4.69) is 15.5 Å².